The molecule has 3 rings (SSSR count). The predicted molar refractivity (Wildman–Crippen MR) is 57.0 cm³/mol. The van der Waals surface area contributed by atoms with Crippen molar-refractivity contribution in [2.24, 2.45) is 0 Å². The van der Waals surface area contributed by atoms with E-state index in [9.17, 15) is 4.79 Å². The van der Waals surface area contributed by atoms with E-state index in [1.165, 1.54) is 0 Å². The predicted octanol–water partition coefficient (Wildman–Crippen LogP) is 0.651. The minimum absolute atomic E-state index is 0.161. The highest BCUT2D eigenvalue weighted by atomic mass is 16.7. The summed E-state index contributed by atoms with van der Waals surface area (Å²) in [5, 5.41) is 0. The first kappa shape index (κ1) is 10.4. The van der Waals surface area contributed by atoms with Crippen molar-refractivity contribution < 1.29 is 14.3 Å². The number of ether oxygens (including phenoxy) is 2. The number of carbonyl (C=O) groups is 1. The highest BCUT2D eigenvalue weighted by Crippen LogP contribution is 2.31. The van der Waals surface area contributed by atoms with Crippen LogP contribution in [0, 0.1) is 0 Å². The molecule has 3 fully saturated rings. The van der Waals surface area contributed by atoms with E-state index in [1.54, 1.807) is 0 Å². The Hall–Kier alpha value is -0.810. The minimum Gasteiger partial charge on any atom is -0.346 e. The Balaban J connectivity index is 1.62. The molecule has 5 nitrogen and oxygen atoms in total. The van der Waals surface area contributed by atoms with E-state index in [1.807, 2.05) is 9.80 Å². The van der Waals surface area contributed by atoms with Gasteiger partial charge in [-0.2, -0.15) is 0 Å². The van der Waals surface area contributed by atoms with Gasteiger partial charge in [-0.3, -0.25) is 0 Å². The monoisotopic (exact) mass is 226 g/mol. The fourth-order valence-corrected chi connectivity index (χ4v) is 2.76. The van der Waals surface area contributed by atoms with E-state index >= 15 is 0 Å². The van der Waals surface area contributed by atoms with Gasteiger partial charge >= 0.3 is 6.03 Å². The second kappa shape index (κ2) is 3.89. The zero-order chi connectivity index (χ0) is 11.0. The molecular formula is C11H18N2O3. The van der Waals surface area contributed by atoms with E-state index in [2.05, 4.69) is 0 Å². The summed E-state index contributed by atoms with van der Waals surface area (Å²) < 4.78 is 11.2. The Bertz CT molecular complexity index is 283. The molecule has 0 unspecified atom stereocenters. The molecule has 0 bridgehead atoms. The fraction of sp³-hybridized carbons (Fsp3) is 0.909. The van der Waals surface area contributed by atoms with Gasteiger partial charge in [0.15, 0.2) is 5.79 Å². The van der Waals surface area contributed by atoms with Crippen LogP contribution in [0.2, 0.25) is 0 Å². The van der Waals surface area contributed by atoms with Crippen LogP contribution in [0.5, 0.6) is 0 Å². The molecule has 0 aromatic rings. The van der Waals surface area contributed by atoms with E-state index < -0.39 is 5.79 Å². The van der Waals surface area contributed by atoms with Crippen molar-refractivity contribution in [1.29, 1.82) is 0 Å². The van der Waals surface area contributed by atoms with E-state index in [-0.39, 0.29) is 6.03 Å². The van der Waals surface area contributed by atoms with Gasteiger partial charge in [0.25, 0.3) is 0 Å². The molecular weight excluding hydrogens is 208 g/mol. The summed E-state index contributed by atoms with van der Waals surface area (Å²) in [6.45, 7) is 4.49. The number of carbonyl (C=O) groups excluding carboxylic acids is 1. The Morgan fingerprint density at radius 2 is 1.69 bits per heavy atom. The maximum Gasteiger partial charge on any atom is 0.320 e. The molecule has 5 heteroatoms. The normalized spacial score (nSPS) is 28.2. The lowest BCUT2D eigenvalue weighted by atomic mass is 10.2. The zero-order valence-electron chi connectivity index (χ0n) is 9.48. The van der Waals surface area contributed by atoms with Crippen molar-refractivity contribution in [2.45, 2.75) is 25.0 Å². The van der Waals surface area contributed by atoms with E-state index in [0.717, 1.165) is 38.9 Å². The Kier molecular flexibility index (Phi) is 2.52. The van der Waals surface area contributed by atoms with Crippen LogP contribution in [0.4, 0.5) is 4.79 Å². The highest BCUT2D eigenvalue weighted by molar-refractivity contribution is 5.75. The number of likely N-dealkylation sites (tertiary alicyclic amines) is 2. The Labute approximate surface area is 95.3 Å². The third-order valence-corrected chi connectivity index (χ3v) is 3.66. The second-order valence-corrected chi connectivity index (χ2v) is 4.76. The Morgan fingerprint density at radius 1 is 1.00 bits per heavy atom. The lowest BCUT2D eigenvalue weighted by molar-refractivity contribution is -0.143. The number of urea groups is 1. The average molecular weight is 226 g/mol. The van der Waals surface area contributed by atoms with Crippen molar-refractivity contribution >= 4 is 6.03 Å². The van der Waals surface area contributed by atoms with Gasteiger partial charge in [0.05, 0.1) is 19.8 Å². The van der Waals surface area contributed by atoms with Gasteiger partial charge in [-0.05, 0) is 12.8 Å². The number of nitrogens with zero attached hydrogens (tertiary/aromatic N) is 2. The summed E-state index contributed by atoms with van der Waals surface area (Å²) in [6.07, 6.45) is 3.09. The van der Waals surface area contributed by atoms with E-state index in [4.69, 9.17) is 9.47 Å². The van der Waals surface area contributed by atoms with Crippen LogP contribution in [0.3, 0.4) is 0 Å². The summed E-state index contributed by atoms with van der Waals surface area (Å²) in [5.41, 5.74) is 0. The van der Waals surface area contributed by atoms with Gasteiger partial charge in [-0.25, -0.2) is 4.79 Å². The summed E-state index contributed by atoms with van der Waals surface area (Å²) in [5.74, 6) is -0.477. The van der Waals surface area contributed by atoms with Gasteiger partial charge in [-0.15, -0.1) is 0 Å². The lowest BCUT2D eigenvalue weighted by Crippen LogP contribution is -2.43. The standard InChI is InChI=1S/C11H18N2O3/c14-10(12-4-1-2-5-12)13-6-3-11(9-13)15-7-8-16-11/h1-9H2. The Morgan fingerprint density at radius 3 is 2.38 bits per heavy atom. The van der Waals surface area contributed by atoms with Crippen molar-refractivity contribution in [3.05, 3.63) is 0 Å². The molecule has 90 valence electrons. The van der Waals surface area contributed by atoms with Crippen molar-refractivity contribution in [2.75, 3.05) is 39.4 Å². The maximum atomic E-state index is 12.1. The molecule has 0 aromatic carbocycles. The number of hydrogen-bond donors (Lipinski definition) is 0. The van der Waals surface area contributed by atoms with Crippen molar-refractivity contribution in [3.8, 4) is 0 Å². The summed E-state index contributed by atoms with van der Waals surface area (Å²) >= 11 is 0. The molecule has 0 saturated carbocycles. The molecule has 0 atom stereocenters. The van der Waals surface area contributed by atoms with Crippen molar-refractivity contribution in [3.63, 3.8) is 0 Å². The van der Waals surface area contributed by atoms with Crippen LogP contribution in [0.15, 0.2) is 0 Å². The third-order valence-electron chi connectivity index (χ3n) is 3.66. The second-order valence-electron chi connectivity index (χ2n) is 4.76. The van der Waals surface area contributed by atoms with Crippen molar-refractivity contribution in [1.82, 2.24) is 9.80 Å². The first-order valence-electron chi connectivity index (χ1n) is 6.11. The third kappa shape index (κ3) is 1.68. The molecule has 2 amide bonds. The summed E-state index contributed by atoms with van der Waals surface area (Å²) in [7, 11) is 0. The van der Waals surface area contributed by atoms with Gasteiger partial charge in [0, 0.05) is 26.1 Å². The topological polar surface area (TPSA) is 42.0 Å². The first-order valence-corrected chi connectivity index (χ1v) is 6.11. The van der Waals surface area contributed by atoms with Crippen LogP contribution in [0.1, 0.15) is 19.3 Å². The van der Waals surface area contributed by atoms with Gasteiger partial charge < -0.3 is 19.3 Å². The zero-order valence-corrected chi connectivity index (χ0v) is 9.48. The number of hydrogen-bond acceptors (Lipinski definition) is 3. The minimum atomic E-state index is -0.477. The van der Waals surface area contributed by atoms with Crippen LogP contribution in [-0.2, 0) is 9.47 Å². The van der Waals surface area contributed by atoms with Gasteiger partial charge in [-0.1, -0.05) is 0 Å². The number of amides is 2. The summed E-state index contributed by atoms with van der Waals surface area (Å²) in [6, 6.07) is 0.161. The molecule has 0 aromatic heterocycles. The first-order chi connectivity index (χ1) is 7.79. The van der Waals surface area contributed by atoms with Crippen LogP contribution >= 0.6 is 0 Å². The SMILES string of the molecule is O=C(N1CCCC1)N1CCC2(C1)OCCO2. The molecule has 3 aliphatic heterocycles. The molecule has 0 radical (unpaired) electrons. The maximum absolute atomic E-state index is 12.1. The van der Waals surface area contributed by atoms with Crippen LogP contribution in [-0.4, -0.2) is 61.0 Å². The fourth-order valence-electron chi connectivity index (χ4n) is 2.76. The van der Waals surface area contributed by atoms with Crippen LogP contribution < -0.4 is 0 Å². The molecule has 0 aliphatic carbocycles. The van der Waals surface area contributed by atoms with Crippen LogP contribution in [0.25, 0.3) is 0 Å². The largest absolute Gasteiger partial charge is 0.346 e. The smallest absolute Gasteiger partial charge is 0.320 e. The molecule has 16 heavy (non-hydrogen) atoms. The summed E-state index contributed by atoms with van der Waals surface area (Å²) in [4.78, 5) is 15.9. The van der Waals surface area contributed by atoms with E-state index in [0.29, 0.717) is 19.8 Å². The average Bonchev–Trinajstić information content (AvgIpc) is 3.01. The molecule has 3 saturated heterocycles. The lowest BCUT2D eigenvalue weighted by Gasteiger charge is -2.26. The molecule has 3 heterocycles. The molecule has 1 spiro atoms. The molecule has 3 aliphatic rings. The number of rotatable bonds is 0. The van der Waals surface area contributed by atoms with Gasteiger partial charge in [0.1, 0.15) is 0 Å². The quantitative estimate of drug-likeness (QED) is 0.609. The van der Waals surface area contributed by atoms with Gasteiger partial charge in [0.2, 0.25) is 0 Å². The molecule has 0 N–H and O–H groups in total. The highest BCUT2D eigenvalue weighted by Gasteiger charge is 2.45.